The lowest BCUT2D eigenvalue weighted by Crippen LogP contribution is -2.48. The number of amides is 1. The van der Waals surface area contributed by atoms with Crippen molar-refractivity contribution in [1.29, 1.82) is 0 Å². The Kier molecular flexibility index (Phi) is 5.19. The molecule has 6 heteroatoms. The van der Waals surface area contributed by atoms with Crippen LogP contribution in [0.1, 0.15) is 5.56 Å². The van der Waals surface area contributed by atoms with Gasteiger partial charge in [-0.2, -0.15) is 0 Å². The van der Waals surface area contributed by atoms with E-state index in [1.807, 2.05) is 41.3 Å². The number of carbonyl (C=O) groups is 1. The first-order valence-corrected chi connectivity index (χ1v) is 9.30. The van der Waals surface area contributed by atoms with E-state index in [0.29, 0.717) is 13.1 Å². The van der Waals surface area contributed by atoms with Gasteiger partial charge in [0.05, 0.1) is 7.11 Å². The van der Waals surface area contributed by atoms with Gasteiger partial charge < -0.3 is 14.5 Å². The van der Waals surface area contributed by atoms with Gasteiger partial charge in [0.25, 0.3) is 0 Å². The van der Waals surface area contributed by atoms with Gasteiger partial charge >= 0.3 is 0 Å². The third-order valence-corrected chi connectivity index (χ3v) is 4.92. The molecular weight excluding hydrogens is 352 g/mol. The largest absolute Gasteiger partial charge is 0.497 e. The highest BCUT2D eigenvalue weighted by Crippen LogP contribution is 2.22. The van der Waals surface area contributed by atoms with E-state index in [9.17, 15) is 4.79 Å². The van der Waals surface area contributed by atoms with Crippen molar-refractivity contribution in [3.8, 4) is 5.75 Å². The molecule has 0 bridgehead atoms. The van der Waals surface area contributed by atoms with Gasteiger partial charge in [0.2, 0.25) is 11.9 Å². The van der Waals surface area contributed by atoms with Gasteiger partial charge in [-0.25, -0.2) is 9.97 Å². The van der Waals surface area contributed by atoms with E-state index in [1.165, 1.54) is 0 Å². The highest BCUT2D eigenvalue weighted by Gasteiger charge is 2.20. The van der Waals surface area contributed by atoms with Crippen LogP contribution < -0.4 is 9.64 Å². The zero-order valence-corrected chi connectivity index (χ0v) is 15.8. The first-order chi connectivity index (χ1) is 13.7. The molecule has 0 spiro atoms. The SMILES string of the molecule is COc1ccc2cc(/C=C/C(=O)N3CCN(c4ncccn4)CC3)ccc2c1. The second-order valence-corrected chi connectivity index (χ2v) is 6.67. The molecule has 1 aromatic heterocycles. The van der Waals surface area contributed by atoms with E-state index in [4.69, 9.17) is 4.74 Å². The van der Waals surface area contributed by atoms with E-state index < -0.39 is 0 Å². The average molecular weight is 374 g/mol. The highest BCUT2D eigenvalue weighted by molar-refractivity contribution is 5.93. The third kappa shape index (κ3) is 3.96. The lowest BCUT2D eigenvalue weighted by Gasteiger charge is -2.34. The zero-order valence-electron chi connectivity index (χ0n) is 15.8. The van der Waals surface area contributed by atoms with E-state index in [1.54, 1.807) is 31.6 Å². The Balaban J connectivity index is 1.38. The van der Waals surface area contributed by atoms with Crippen LogP contribution in [0.5, 0.6) is 5.75 Å². The summed E-state index contributed by atoms with van der Waals surface area (Å²) in [4.78, 5) is 25.0. The average Bonchev–Trinajstić information content (AvgIpc) is 2.77. The number of carbonyl (C=O) groups excluding carboxylic acids is 1. The smallest absolute Gasteiger partial charge is 0.246 e. The van der Waals surface area contributed by atoms with Gasteiger partial charge in [0.1, 0.15) is 5.75 Å². The minimum Gasteiger partial charge on any atom is -0.497 e. The van der Waals surface area contributed by atoms with Gasteiger partial charge in [-0.05, 0) is 46.7 Å². The minimum absolute atomic E-state index is 0.0310. The monoisotopic (exact) mass is 374 g/mol. The molecule has 1 fully saturated rings. The number of hydrogen-bond donors (Lipinski definition) is 0. The number of piperazine rings is 1. The molecule has 6 nitrogen and oxygen atoms in total. The second-order valence-electron chi connectivity index (χ2n) is 6.67. The summed E-state index contributed by atoms with van der Waals surface area (Å²) in [6.07, 6.45) is 7.00. The van der Waals surface area contributed by atoms with Crippen LogP contribution in [0.4, 0.5) is 5.95 Å². The lowest BCUT2D eigenvalue weighted by atomic mass is 10.1. The van der Waals surface area contributed by atoms with Crippen molar-refractivity contribution in [2.45, 2.75) is 0 Å². The summed E-state index contributed by atoms with van der Waals surface area (Å²) in [5, 5.41) is 2.23. The molecule has 0 saturated carbocycles. The number of rotatable bonds is 4. The number of anilines is 1. The Morgan fingerprint density at radius 1 is 1.00 bits per heavy atom. The summed E-state index contributed by atoms with van der Waals surface area (Å²) in [6, 6.07) is 13.9. The van der Waals surface area contributed by atoms with E-state index >= 15 is 0 Å². The Hall–Kier alpha value is -3.41. The molecular formula is C22H22N4O2. The van der Waals surface area contributed by atoms with Crippen LogP contribution in [0.25, 0.3) is 16.8 Å². The highest BCUT2D eigenvalue weighted by atomic mass is 16.5. The predicted molar refractivity (Wildman–Crippen MR) is 110 cm³/mol. The molecule has 1 amide bonds. The van der Waals surface area contributed by atoms with Crippen LogP contribution in [0.3, 0.4) is 0 Å². The third-order valence-electron chi connectivity index (χ3n) is 4.92. The predicted octanol–water partition coefficient (Wildman–Crippen LogP) is 3.00. The van der Waals surface area contributed by atoms with E-state index in [2.05, 4.69) is 20.9 Å². The van der Waals surface area contributed by atoms with Crippen molar-refractivity contribution >= 4 is 28.7 Å². The Morgan fingerprint density at radius 2 is 1.71 bits per heavy atom. The number of benzene rings is 2. The maximum Gasteiger partial charge on any atom is 0.246 e. The van der Waals surface area contributed by atoms with Crippen molar-refractivity contribution in [3.63, 3.8) is 0 Å². The topological polar surface area (TPSA) is 58.6 Å². The molecule has 2 heterocycles. The molecule has 0 radical (unpaired) electrons. The quantitative estimate of drug-likeness (QED) is 0.657. The molecule has 3 aromatic rings. The normalized spacial score (nSPS) is 14.6. The van der Waals surface area contributed by atoms with Crippen LogP contribution in [0.15, 0.2) is 60.9 Å². The number of aromatic nitrogens is 2. The maximum absolute atomic E-state index is 12.5. The molecule has 1 aliphatic heterocycles. The lowest BCUT2D eigenvalue weighted by molar-refractivity contribution is -0.126. The molecule has 0 N–H and O–H groups in total. The first kappa shape index (κ1) is 18.0. The molecule has 0 unspecified atom stereocenters. The van der Waals surface area contributed by atoms with Crippen molar-refractivity contribution in [1.82, 2.24) is 14.9 Å². The first-order valence-electron chi connectivity index (χ1n) is 9.30. The fourth-order valence-electron chi connectivity index (χ4n) is 3.33. The Bertz CT molecular complexity index is 996. The summed E-state index contributed by atoms with van der Waals surface area (Å²) < 4.78 is 5.26. The number of hydrogen-bond acceptors (Lipinski definition) is 5. The summed E-state index contributed by atoms with van der Waals surface area (Å²) in [6.45, 7) is 2.81. The number of fused-ring (bicyclic) bond motifs is 1. The molecule has 1 aliphatic rings. The molecule has 0 atom stereocenters. The molecule has 142 valence electrons. The Labute approximate surface area is 164 Å². The standard InChI is InChI=1S/C22H22N4O2/c1-28-20-7-6-18-15-17(3-5-19(18)16-20)4-8-21(27)25-11-13-26(14-12-25)22-23-9-2-10-24-22/h2-10,15-16H,11-14H2,1H3/b8-4+. The van der Waals surface area contributed by atoms with Crippen LogP contribution in [0.2, 0.25) is 0 Å². The van der Waals surface area contributed by atoms with Gasteiger partial charge in [0.15, 0.2) is 0 Å². The molecule has 0 aliphatic carbocycles. The van der Waals surface area contributed by atoms with Crippen molar-refractivity contribution < 1.29 is 9.53 Å². The van der Waals surface area contributed by atoms with Gasteiger partial charge in [-0.15, -0.1) is 0 Å². The molecule has 4 rings (SSSR count). The summed E-state index contributed by atoms with van der Waals surface area (Å²) in [5.41, 5.74) is 1.00. The second kappa shape index (κ2) is 8.08. The summed E-state index contributed by atoms with van der Waals surface area (Å²) >= 11 is 0. The van der Waals surface area contributed by atoms with Crippen molar-refractivity contribution in [2.24, 2.45) is 0 Å². The van der Waals surface area contributed by atoms with E-state index in [-0.39, 0.29) is 5.91 Å². The zero-order chi connectivity index (χ0) is 19.3. The molecule has 28 heavy (non-hydrogen) atoms. The minimum atomic E-state index is 0.0310. The number of nitrogens with zero attached hydrogens (tertiary/aromatic N) is 4. The van der Waals surface area contributed by atoms with Crippen LogP contribution in [0, 0.1) is 0 Å². The van der Waals surface area contributed by atoms with Gasteiger partial charge in [0, 0.05) is 44.6 Å². The summed E-state index contributed by atoms with van der Waals surface area (Å²) in [7, 11) is 1.66. The fraction of sp³-hybridized carbons (Fsp3) is 0.227. The molecule has 1 saturated heterocycles. The number of ether oxygens (including phenoxy) is 1. The molecule has 2 aromatic carbocycles. The van der Waals surface area contributed by atoms with Crippen LogP contribution in [-0.4, -0.2) is 54.1 Å². The van der Waals surface area contributed by atoms with Crippen LogP contribution >= 0.6 is 0 Å². The maximum atomic E-state index is 12.5. The number of methoxy groups -OCH3 is 1. The van der Waals surface area contributed by atoms with Crippen LogP contribution in [-0.2, 0) is 4.79 Å². The summed E-state index contributed by atoms with van der Waals surface area (Å²) in [5.74, 6) is 1.59. The van der Waals surface area contributed by atoms with Gasteiger partial charge in [-0.1, -0.05) is 18.2 Å². The van der Waals surface area contributed by atoms with Crippen molar-refractivity contribution in [3.05, 3.63) is 66.5 Å². The van der Waals surface area contributed by atoms with Crippen molar-refractivity contribution in [2.75, 3.05) is 38.2 Å². The Morgan fingerprint density at radius 3 is 2.46 bits per heavy atom. The van der Waals surface area contributed by atoms with E-state index in [0.717, 1.165) is 41.1 Å². The fourth-order valence-corrected chi connectivity index (χ4v) is 3.33. The van der Waals surface area contributed by atoms with Gasteiger partial charge in [-0.3, -0.25) is 4.79 Å².